The number of nitrogens with two attached hydrogens (primary N) is 1. The molecular formula is C17H20Cl2F3N3OS. The standard InChI is InChI=1S/C17H18F3N3OS.2ClH/c18-17(19,20)12-5-3-4-11(8-12)15-22-14(10-25-15)16(24)23-7-2-1-6-13(23)9-21;;/h3-5,8,10,13H,1-2,6-7,9,21H2;2*1H. The van der Waals surface area contributed by atoms with Crippen LogP contribution in [-0.2, 0) is 6.18 Å². The summed E-state index contributed by atoms with van der Waals surface area (Å²) in [5.74, 6) is -0.204. The van der Waals surface area contributed by atoms with E-state index in [0.717, 1.165) is 31.4 Å². The van der Waals surface area contributed by atoms with Gasteiger partial charge in [-0.05, 0) is 31.4 Å². The number of amides is 1. The van der Waals surface area contributed by atoms with Crippen LogP contribution >= 0.6 is 36.2 Å². The number of hydrogen-bond donors (Lipinski definition) is 1. The summed E-state index contributed by atoms with van der Waals surface area (Å²) in [5.41, 5.74) is 5.63. The molecule has 150 valence electrons. The van der Waals surface area contributed by atoms with E-state index in [0.29, 0.717) is 23.7 Å². The summed E-state index contributed by atoms with van der Waals surface area (Å²) >= 11 is 1.17. The second kappa shape index (κ2) is 9.73. The molecule has 0 saturated carbocycles. The number of halogens is 5. The Balaban J connectivity index is 0.00000182. The molecule has 27 heavy (non-hydrogen) atoms. The minimum absolute atomic E-state index is 0. The van der Waals surface area contributed by atoms with E-state index in [-0.39, 0.29) is 42.5 Å². The second-order valence-corrected chi connectivity index (χ2v) is 6.86. The number of piperidine rings is 1. The minimum atomic E-state index is -4.41. The van der Waals surface area contributed by atoms with Crippen molar-refractivity contribution in [3.63, 3.8) is 0 Å². The van der Waals surface area contributed by atoms with Crippen molar-refractivity contribution in [3.05, 3.63) is 40.9 Å². The molecule has 3 rings (SSSR count). The third kappa shape index (κ3) is 5.34. The first-order valence-electron chi connectivity index (χ1n) is 8.04. The highest BCUT2D eigenvalue weighted by Crippen LogP contribution is 2.33. The number of thiazole rings is 1. The van der Waals surface area contributed by atoms with Crippen molar-refractivity contribution in [2.45, 2.75) is 31.5 Å². The van der Waals surface area contributed by atoms with E-state index in [9.17, 15) is 18.0 Å². The van der Waals surface area contributed by atoms with Crippen molar-refractivity contribution < 1.29 is 18.0 Å². The normalized spacial score (nSPS) is 17.0. The van der Waals surface area contributed by atoms with E-state index in [1.807, 2.05) is 0 Å². The van der Waals surface area contributed by atoms with Crippen LogP contribution in [-0.4, -0.2) is 34.9 Å². The van der Waals surface area contributed by atoms with Gasteiger partial charge in [0, 0.05) is 30.1 Å². The molecule has 1 aliphatic rings. The average molecular weight is 442 g/mol. The topological polar surface area (TPSA) is 59.2 Å². The van der Waals surface area contributed by atoms with Crippen LogP contribution in [0.15, 0.2) is 29.6 Å². The van der Waals surface area contributed by atoms with Gasteiger partial charge in [0.15, 0.2) is 0 Å². The van der Waals surface area contributed by atoms with Crippen molar-refractivity contribution in [1.82, 2.24) is 9.88 Å². The van der Waals surface area contributed by atoms with Crippen molar-refractivity contribution in [2.75, 3.05) is 13.1 Å². The van der Waals surface area contributed by atoms with Crippen LogP contribution in [0.25, 0.3) is 10.6 Å². The highest BCUT2D eigenvalue weighted by Gasteiger charge is 2.31. The van der Waals surface area contributed by atoms with Crippen molar-refractivity contribution in [3.8, 4) is 10.6 Å². The Bertz CT molecular complexity index is 770. The summed E-state index contributed by atoms with van der Waals surface area (Å²) in [5, 5.41) is 2.00. The van der Waals surface area contributed by atoms with Gasteiger partial charge in [-0.1, -0.05) is 12.1 Å². The van der Waals surface area contributed by atoms with Crippen LogP contribution in [0.3, 0.4) is 0 Å². The Hall–Kier alpha value is -1.35. The number of rotatable bonds is 3. The molecule has 1 atom stereocenters. The molecule has 1 aromatic carbocycles. The van der Waals surface area contributed by atoms with Gasteiger partial charge in [-0.15, -0.1) is 36.2 Å². The van der Waals surface area contributed by atoms with Gasteiger partial charge in [0.05, 0.1) is 5.56 Å². The van der Waals surface area contributed by atoms with Gasteiger partial charge >= 0.3 is 6.18 Å². The van der Waals surface area contributed by atoms with Crippen LogP contribution in [0.4, 0.5) is 13.2 Å². The third-order valence-corrected chi connectivity index (χ3v) is 5.21. The molecule has 1 aromatic heterocycles. The number of aromatic nitrogens is 1. The number of alkyl halides is 3. The summed E-state index contributed by atoms with van der Waals surface area (Å²) in [4.78, 5) is 18.7. The average Bonchev–Trinajstić information content (AvgIpc) is 3.10. The van der Waals surface area contributed by atoms with E-state index in [1.165, 1.54) is 17.4 Å². The molecule has 10 heteroatoms. The van der Waals surface area contributed by atoms with Gasteiger partial charge in [0.25, 0.3) is 5.91 Å². The van der Waals surface area contributed by atoms with E-state index in [1.54, 1.807) is 16.3 Å². The Labute approximate surface area is 171 Å². The molecule has 1 unspecified atom stereocenters. The van der Waals surface area contributed by atoms with Gasteiger partial charge in [0.2, 0.25) is 0 Å². The molecule has 0 aliphatic carbocycles. The number of carbonyl (C=O) groups is 1. The molecule has 0 radical (unpaired) electrons. The smallest absolute Gasteiger partial charge is 0.333 e. The maximum atomic E-state index is 12.9. The zero-order valence-electron chi connectivity index (χ0n) is 14.2. The Morgan fingerprint density at radius 2 is 2.04 bits per heavy atom. The Morgan fingerprint density at radius 1 is 1.30 bits per heavy atom. The lowest BCUT2D eigenvalue weighted by Gasteiger charge is -2.34. The third-order valence-electron chi connectivity index (χ3n) is 4.32. The largest absolute Gasteiger partial charge is 0.416 e. The number of nitrogens with zero attached hydrogens (tertiary/aromatic N) is 2. The van der Waals surface area contributed by atoms with Gasteiger partial charge < -0.3 is 10.6 Å². The molecule has 2 N–H and O–H groups in total. The molecule has 1 aliphatic heterocycles. The lowest BCUT2D eigenvalue weighted by atomic mass is 10.0. The number of likely N-dealkylation sites (tertiary alicyclic amines) is 1. The first kappa shape index (κ1) is 23.7. The summed E-state index contributed by atoms with van der Waals surface area (Å²) in [6.07, 6.45) is -1.58. The summed E-state index contributed by atoms with van der Waals surface area (Å²) in [6.45, 7) is 1.04. The predicted octanol–water partition coefficient (Wildman–Crippen LogP) is 4.63. The fraction of sp³-hybridized carbons (Fsp3) is 0.412. The zero-order valence-corrected chi connectivity index (χ0v) is 16.7. The van der Waals surface area contributed by atoms with E-state index in [2.05, 4.69) is 4.98 Å². The predicted molar refractivity (Wildman–Crippen MR) is 105 cm³/mol. The molecule has 1 fully saturated rings. The second-order valence-electron chi connectivity index (χ2n) is 6.00. The molecule has 2 heterocycles. The van der Waals surface area contributed by atoms with Crippen LogP contribution in [0, 0.1) is 0 Å². The lowest BCUT2D eigenvalue weighted by molar-refractivity contribution is -0.137. The molecule has 0 spiro atoms. The number of carbonyl (C=O) groups excluding carboxylic acids is 1. The van der Waals surface area contributed by atoms with E-state index in [4.69, 9.17) is 5.73 Å². The maximum absolute atomic E-state index is 12.9. The van der Waals surface area contributed by atoms with Gasteiger partial charge in [-0.25, -0.2) is 4.98 Å². The molecule has 4 nitrogen and oxygen atoms in total. The molecule has 0 bridgehead atoms. The highest BCUT2D eigenvalue weighted by atomic mass is 35.5. The molecule has 1 amide bonds. The Kier molecular flexibility index (Phi) is 8.53. The fourth-order valence-electron chi connectivity index (χ4n) is 2.99. The lowest BCUT2D eigenvalue weighted by Crippen LogP contribution is -2.47. The van der Waals surface area contributed by atoms with Crippen LogP contribution in [0.5, 0.6) is 0 Å². The van der Waals surface area contributed by atoms with Crippen molar-refractivity contribution in [1.29, 1.82) is 0 Å². The fourth-order valence-corrected chi connectivity index (χ4v) is 3.78. The zero-order chi connectivity index (χ0) is 18.0. The van der Waals surface area contributed by atoms with Crippen molar-refractivity contribution >= 4 is 42.1 Å². The summed E-state index contributed by atoms with van der Waals surface area (Å²) < 4.78 is 38.6. The number of hydrogen-bond acceptors (Lipinski definition) is 4. The van der Waals surface area contributed by atoms with E-state index < -0.39 is 11.7 Å². The van der Waals surface area contributed by atoms with Crippen LogP contribution < -0.4 is 5.73 Å². The first-order valence-corrected chi connectivity index (χ1v) is 8.92. The van der Waals surface area contributed by atoms with Gasteiger partial charge in [-0.3, -0.25) is 4.79 Å². The quantitative estimate of drug-likeness (QED) is 0.755. The highest BCUT2D eigenvalue weighted by molar-refractivity contribution is 7.13. The molecule has 1 saturated heterocycles. The Morgan fingerprint density at radius 3 is 2.70 bits per heavy atom. The summed E-state index contributed by atoms with van der Waals surface area (Å²) in [7, 11) is 0. The van der Waals surface area contributed by atoms with Crippen LogP contribution in [0.2, 0.25) is 0 Å². The molecule has 2 aromatic rings. The van der Waals surface area contributed by atoms with Gasteiger partial charge in [-0.2, -0.15) is 13.2 Å². The summed E-state index contributed by atoms with van der Waals surface area (Å²) in [6, 6.07) is 4.97. The molecular weight excluding hydrogens is 422 g/mol. The van der Waals surface area contributed by atoms with Crippen molar-refractivity contribution in [2.24, 2.45) is 5.73 Å². The van der Waals surface area contributed by atoms with E-state index >= 15 is 0 Å². The first-order chi connectivity index (χ1) is 11.9. The van der Waals surface area contributed by atoms with Crippen LogP contribution in [0.1, 0.15) is 35.3 Å². The maximum Gasteiger partial charge on any atom is 0.416 e. The SMILES string of the molecule is Cl.Cl.NCC1CCCCN1C(=O)c1csc(-c2cccc(C(F)(F)F)c2)n1. The monoisotopic (exact) mass is 441 g/mol. The minimum Gasteiger partial charge on any atom is -0.333 e. The number of benzene rings is 1. The van der Waals surface area contributed by atoms with Gasteiger partial charge in [0.1, 0.15) is 10.7 Å².